The zero-order valence-corrected chi connectivity index (χ0v) is 18.7. The van der Waals surface area contributed by atoms with Gasteiger partial charge in [-0.2, -0.15) is 0 Å². The van der Waals surface area contributed by atoms with Gasteiger partial charge in [-0.1, -0.05) is 20.8 Å². The van der Waals surface area contributed by atoms with Gasteiger partial charge in [-0.3, -0.25) is 4.79 Å². The van der Waals surface area contributed by atoms with Crippen molar-refractivity contribution in [2.24, 2.45) is 0 Å². The number of benzene rings is 1. The van der Waals surface area contributed by atoms with Crippen LogP contribution in [0.4, 0.5) is 5.69 Å². The lowest BCUT2D eigenvalue weighted by Crippen LogP contribution is -2.43. The monoisotopic (exact) mass is 394 g/mol. The summed E-state index contributed by atoms with van der Waals surface area (Å²) >= 11 is 0. The van der Waals surface area contributed by atoms with Crippen molar-refractivity contribution in [2.45, 2.75) is 51.4 Å². The van der Waals surface area contributed by atoms with Crippen molar-refractivity contribution in [1.29, 1.82) is 0 Å². The lowest BCUT2D eigenvalue weighted by atomic mass is 10.2. The van der Waals surface area contributed by atoms with Crippen molar-refractivity contribution in [3.63, 3.8) is 0 Å². The minimum absolute atomic E-state index is 0.121. The number of nitrogens with one attached hydrogen (secondary N) is 1. The molecule has 1 fully saturated rings. The van der Waals surface area contributed by atoms with Crippen LogP contribution >= 0.6 is 0 Å². The van der Waals surface area contributed by atoms with Gasteiger partial charge in [0.1, 0.15) is 17.5 Å². The number of carbonyl (C=O) groups excluding carboxylic acids is 1. The van der Waals surface area contributed by atoms with E-state index in [0.29, 0.717) is 24.7 Å². The predicted molar refractivity (Wildman–Crippen MR) is 111 cm³/mol. The number of rotatable bonds is 8. The number of methoxy groups -OCH3 is 2. The fourth-order valence-electron chi connectivity index (χ4n) is 2.81. The SMILES string of the molecule is COc1cc(NC2CCN(CCO[Si](C)(C)C(C)(C)C)C2=O)cc(OC)c1. The number of carbonyl (C=O) groups is 1. The molecule has 1 aliphatic rings. The van der Waals surface area contributed by atoms with Crippen LogP contribution in [0, 0.1) is 0 Å². The van der Waals surface area contributed by atoms with E-state index in [0.717, 1.165) is 18.7 Å². The van der Waals surface area contributed by atoms with Gasteiger partial charge in [-0.05, 0) is 24.6 Å². The fourth-order valence-corrected chi connectivity index (χ4v) is 3.85. The van der Waals surface area contributed by atoms with E-state index in [9.17, 15) is 4.79 Å². The van der Waals surface area contributed by atoms with Crippen LogP contribution in [-0.4, -0.2) is 59.1 Å². The molecule has 7 heteroatoms. The quantitative estimate of drug-likeness (QED) is 0.681. The van der Waals surface area contributed by atoms with Gasteiger partial charge < -0.3 is 24.1 Å². The summed E-state index contributed by atoms with van der Waals surface area (Å²) in [6.07, 6.45) is 0.776. The van der Waals surface area contributed by atoms with Gasteiger partial charge in [0.25, 0.3) is 0 Å². The molecule has 1 heterocycles. The van der Waals surface area contributed by atoms with Crippen LogP contribution in [0.2, 0.25) is 18.1 Å². The van der Waals surface area contributed by atoms with E-state index < -0.39 is 8.32 Å². The van der Waals surface area contributed by atoms with Crippen LogP contribution in [0.5, 0.6) is 11.5 Å². The molecule has 0 radical (unpaired) electrons. The van der Waals surface area contributed by atoms with Gasteiger partial charge in [0.2, 0.25) is 5.91 Å². The van der Waals surface area contributed by atoms with E-state index in [1.54, 1.807) is 14.2 Å². The highest BCUT2D eigenvalue weighted by atomic mass is 28.4. The Balaban J connectivity index is 1.92. The number of nitrogens with zero attached hydrogens (tertiary/aromatic N) is 1. The molecule has 0 aromatic heterocycles. The molecule has 152 valence electrons. The molecular weight excluding hydrogens is 360 g/mol. The van der Waals surface area contributed by atoms with Crippen LogP contribution in [0.1, 0.15) is 27.2 Å². The maximum atomic E-state index is 12.7. The molecule has 0 spiro atoms. The van der Waals surface area contributed by atoms with Crippen LogP contribution in [0.3, 0.4) is 0 Å². The molecule has 1 aromatic rings. The van der Waals surface area contributed by atoms with E-state index in [4.69, 9.17) is 13.9 Å². The number of ether oxygens (including phenoxy) is 2. The van der Waals surface area contributed by atoms with Crippen molar-refractivity contribution in [2.75, 3.05) is 39.2 Å². The Bertz CT molecular complexity index is 636. The standard InChI is InChI=1S/C20H34N2O4Si/c1-20(2,3)27(6,7)26-11-10-22-9-8-18(19(22)23)21-15-12-16(24-4)14-17(13-15)25-5/h12-14,18,21H,8-11H2,1-7H3. The number of anilines is 1. The van der Waals surface area contributed by atoms with Crippen molar-refractivity contribution in [3.05, 3.63) is 18.2 Å². The summed E-state index contributed by atoms with van der Waals surface area (Å²) in [7, 11) is 1.45. The molecule has 1 aliphatic heterocycles. The molecule has 1 saturated heterocycles. The Kier molecular flexibility index (Phi) is 6.81. The highest BCUT2D eigenvalue weighted by molar-refractivity contribution is 6.74. The Morgan fingerprint density at radius 1 is 1.15 bits per heavy atom. The third-order valence-electron chi connectivity index (χ3n) is 5.62. The van der Waals surface area contributed by atoms with E-state index in [1.807, 2.05) is 23.1 Å². The molecule has 1 atom stereocenters. The molecule has 1 amide bonds. The summed E-state index contributed by atoms with van der Waals surface area (Å²) in [6.45, 7) is 13.1. The van der Waals surface area contributed by atoms with Crippen molar-refractivity contribution in [3.8, 4) is 11.5 Å². The van der Waals surface area contributed by atoms with Gasteiger partial charge in [0, 0.05) is 37.0 Å². The highest BCUT2D eigenvalue weighted by Crippen LogP contribution is 2.36. The minimum Gasteiger partial charge on any atom is -0.497 e. The zero-order chi connectivity index (χ0) is 20.2. The lowest BCUT2D eigenvalue weighted by molar-refractivity contribution is -0.128. The number of likely N-dealkylation sites (tertiary alicyclic amines) is 1. The zero-order valence-electron chi connectivity index (χ0n) is 17.7. The van der Waals surface area contributed by atoms with E-state index in [2.05, 4.69) is 39.2 Å². The third kappa shape index (κ3) is 5.39. The summed E-state index contributed by atoms with van der Waals surface area (Å²) < 4.78 is 16.8. The molecule has 0 aliphatic carbocycles. The second-order valence-corrected chi connectivity index (χ2v) is 13.3. The average molecular weight is 395 g/mol. The largest absolute Gasteiger partial charge is 0.497 e. The first-order valence-corrected chi connectivity index (χ1v) is 12.4. The van der Waals surface area contributed by atoms with Crippen molar-refractivity contribution in [1.82, 2.24) is 4.90 Å². The summed E-state index contributed by atoms with van der Waals surface area (Å²) in [4.78, 5) is 14.6. The second-order valence-electron chi connectivity index (χ2n) is 8.52. The molecule has 0 bridgehead atoms. The van der Waals surface area contributed by atoms with Crippen LogP contribution in [0.25, 0.3) is 0 Å². The molecule has 0 saturated carbocycles. The topological polar surface area (TPSA) is 60.0 Å². The maximum absolute atomic E-state index is 12.7. The van der Waals surface area contributed by atoms with Crippen LogP contribution in [-0.2, 0) is 9.22 Å². The van der Waals surface area contributed by atoms with Crippen LogP contribution < -0.4 is 14.8 Å². The minimum atomic E-state index is -1.78. The molecule has 6 nitrogen and oxygen atoms in total. The fraction of sp³-hybridized carbons (Fsp3) is 0.650. The van der Waals surface area contributed by atoms with Gasteiger partial charge in [0.05, 0.1) is 20.8 Å². The number of hydrogen-bond donors (Lipinski definition) is 1. The van der Waals surface area contributed by atoms with Gasteiger partial charge in [-0.15, -0.1) is 0 Å². The normalized spacial score (nSPS) is 18.0. The Labute approximate surface area is 164 Å². The Morgan fingerprint density at radius 3 is 2.26 bits per heavy atom. The average Bonchev–Trinajstić information content (AvgIpc) is 2.93. The van der Waals surface area contributed by atoms with Crippen molar-refractivity contribution >= 4 is 19.9 Å². The first kappa shape index (κ1) is 21.6. The maximum Gasteiger partial charge on any atom is 0.245 e. The summed E-state index contributed by atoms with van der Waals surface area (Å²) in [5.41, 5.74) is 0.823. The van der Waals surface area contributed by atoms with Gasteiger partial charge in [0.15, 0.2) is 8.32 Å². The molecule has 1 unspecified atom stereocenters. The third-order valence-corrected chi connectivity index (χ3v) is 10.2. The molecule has 1 N–H and O–H groups in total. The summed E-state index contributed by atoms with van der Waals surface area (Å²) in [6, 6.07) is 5.33. The molecule has 27 heavy (non-hydrogen) atoms. The number of amides is 1. The van der Waals surface area contributed by atoms with E-state index in [-0.39, 0.29) is 17.0 Å². The molecule has 1 aromatic carbocycles. The first-order valence-electron chi connectivity index (χ1n) is 9.50. The van der Waals surface area contributed by atoms with Crippen molar-refractivity contribution < 1.29 is 18.7 Å². The van der Waals surface area contributed by atoms with E-state index >= 15 is 0 Å². The van der Waals surface area contributed by atoms with Gasteiger partial charge in [-0.25, -0.2) is 0 Å². The summed E-state index contributed by atoms with van der Waals surface area (Å²) in [5.74, 6) is 1.51. The van der Waals surface area contributed by atoms with E-state index in [1.165, 1.54) is 0 Å². The second kappa shape index (κ2) is 8.52. The Hall–Kier alpha value is -1.73. The molecular formula is C20H34N2O4Si. The Morgan fingerprint density at radius 2 is 1.74 bits per heavy atom. The number of hydrogen-bond acceptors (Lipinski definition) is 5. The van der Waals surface area contributed by atoms with Crippen LogP contribution in [0.15, 0.2) is 18.2 Å². The van der Waals surface area contributed by atoms with Gasteiger partial charge >= 0.3 is 0 Å². The summed E-state index contributed by atoms with van der Waals surface area (Å²) in [5, 5.41) is 3.50. The first-order chi connectivity index (χ1) is 12.6. The predicted octanol–water partition coefficient (Wildman–Crippen LogP) is 3.74. The smallest absolute Gasteiger partial charge is 0.245 e. The lowest BCUT2D eigenvalue weighted by Gasteiger charge is -2.36. The molecule has 2 rings (SSSR count). The highest BCUT2D eigenvalue weighted by Gasteiger charge is 2.38.